The first-order chi connectivity index (χ1) is 7.84. The molecule has 0 amide bonds. The molecule has 1 N–H and O–H groups in total. The summed E-state index contributed by atoms with van der Waals surface area (Å²) >= 11 is 5.94. The van der Waals surface area contributed by atoms with Gasteiger partial charge in [-0.2, -0.15) is 0 Å². The third kappa shape index (κ3) is 4.52. The minimum Gasteiger partial charge on any atom is -0.381 e. The molecule has 1 aromatic rings. The summed E-state index contributed by atoms with van der Waals surface area (Å²) in [6.45, 7) is 6.09. The molecule has 0 heterocycles. The fraction of sp³-hybridized carbons (Fsp3) is 0.538. The maximum atomic E-state index is 12.9. The van der Waals surface area contributed by atoms with E-state index in [0.29, 0.717) is 5.02 Å². The van der Waals surface area contributed by atoms with Crippen LogP contribution in [0.1, 0.15) is 27.2 Å². The van der Waals surface area contributed by atoms with Gasteiger partial charge < -0.3 is 10.1 Å². The smallest absolute Gasteiger partial charge is 0.124 e. The van der Waals surface area contributed by atoms with E-state index in [4.69, 9.17) is 16.3 Å². The Morgan fingerprint density at radius 1 is 1.47 bits per heavy atom. The topological polar surface area (TPSA) is 21.3 Å². The highest BCUT2D eigenvalue weighted by atomic mass is 35.5. The highest BCUT2D eigenvalue weighted by molar-refractivity contribution is 6.33. The number of ether oxygens (including phenoxy) is 1. The summed E-state index contributed by atoms with van der Waals surface area (Å²) in [6.07, 6.45) is 0.831. The van der Waals surface area contributed by atoms with Gasteiger partial charge in [0, 0.05) is 13.2 Å². The molecule has 96 valence electrons. The first-order valence-corrected chi connectivity index (χ1v) is 5.98. The molecule has 2 nitrogen and oxygen atoms in total. The number of benzene rings is 1. The van der Waals surface area contributed by atoms with Gasteiger partial charge in [0.1, 0.15) is 5.82 Å². The summed E-state index contributed by atoms with van der Waals surface area (Å²) in [4.78, 5) is 0. The summed E-state index contributed by atoms with van der Waals surface area (Å²) < 4.78 is 18.2. The number of methoxy groups -OCH3 is 1. The second kappa shape index (κ2) is 5.69. The van der Waals surface area contributed by atoms with E-state index in [9.17, 15) is 4.39 Å². The molecule has 0 radical (unpaired) electrons. The second-order valence-electron chi connectivity index (χ2n) is 4.84. The van der Waals surface area contributed by atoms with Crippen LogP contribution in [0.3, 0.4) is 0 Å². The van der Waals surface area contributed by atoms with Gasteiger partial charge in [-0.25, -0.2) is 4.39 Å². The number of halogens is 2. The normalized spacial score (nSPS) is 13.5. The van der Waals surface area contributed by atoms with E-state index in [0.717, 1.165) is 12.1 Å². The molecule has 1 rings (SSSR count). The molecule has 4 heteroatoms. The van der Waals surface area contributed by atoms with Gasteiger partial charge in [-0.3, -0.25) is 0 Å². The van der Waals surface area contributed by atoms with E-state index in [1.165, 1.54) is 12.1 Å². The van der Waals surface area contributed by atoms with Crippen molar-refractivity contribution in [3.05, 3.63) is 29.0 Å². The second-order valence-corrected chi connectivity index (χ2v) is 5.24. The molecular weight excluding hydrogens is 241 g/mol. The Morgan fingerprint density at radius 3 is 2.65 bits per heavy atom. The van der Waals surface area contributed by atoms with Crippen molar-refractivity contribution < 1.29 is 9.13 Å². The average molecular weight is 260 g/mol. The third-order valence-corrected chi connectivity index (χ3v) is 3.00. The zero-order chi connectivity index (χ0) is 13.1. The van der Waals surface area contributed by atoms with E-state index in [-0.39, 0.29) is 17.5 Å². The van der Waals surface area contributed by atoms with Crippen molar-refractivity contribution in [2.75, 3.05) is 12.4 Å². The van der Waals surface area contributed by atoms with Gasteiger partial charge in [-0.15, -0.1) is 0 Å². The van der Waals surface area contributed by atoms with Crippen LogP contribution < -0.4 is 5.32 Å². The molecule has 0 saturated heterocycles. The predicted octanol–water partition coefficient (Wildman–Crippen LogP) is 4.09. The molecule has 0 saturated carbocycles. The number of hydrogen-bond acceptors (Lipinski definition) is 2. The Kier molecular flexibility index (Phi) is 4.78. The lowest BCUT2D eigenvalue weighted by Crippen LogP contribution is -2.31. The van der Waals surface area contributed by atoms with Crippen molar-refractivity contribution in [1.29, 1.82) is 0 Å². The molecule has 0 aliphatic heterocycles. The summed E-state index contributed by atoms with van der Waals surface area (Å²) in [5.74, 6) is -0.328. The number of anilines is 1. The van der Waals surface area contributed by atoms with Crippen LogP contribution in [0.2, 0.25) is 5.02 Å². The highest BCUT2D eigenvalue weighted by Gasteiger charge is 2.20. The van der Waals surface area contributed by atoms with Crippen molar-refractivity contribution in [3.63, 3.8) is 0 Å². The van der Waals surface area contributed by atoms with Crippen LogP contribution in [0.25, 0.3) is 0 Å². The standard InChI is InChI=1S/C13H19ClFNO/c1-9(8-13(2,3)17-4)16-12-6-5-10(15)7-11(12)14/h5-7,9,16H,8H2,1-4H3. The van der Waals surface area contributed by atoms with E-state index < -0.39 is 0 Å². The van der Waals surface area contributed by atoms with Crippen molar-refractivity contribution >= 4 is 17.3 Å². The summed E-state index contributed by atoms with van der Waals surface area (Å²) in [5, 5.41) is 3.64. The summed E-state index contributed by atoms with van der Waals surface area (Å²) in [7, 11) is 1.69. The van der Waals surface area contributed by atoms with Gasteiger partial charge in [0.15, 0.2) is 0 Å². The monoisotopic (exact) mass is 259 g/mol. The van der Waals surface area contributed by atoms with E-state index >= 15 is 0 Å². The van der Waals surface area contributed by atoms with E-state index in [1.807, 2.05) is 20.8 Å². The molecule has 0 spiro atoms. The van der Waals surface area contributed by atoms with Gasteiger partial charge in [0.25, 0.3) is 0 Å². The number of hydrogen-bond donors (Lipinski definition) is 1. The Labute approximate surface area is 107 Å². The van der Waals surface area contributed by atoms with Crippen LogP contribution in [0.4, 0.5) is 10.1 Å². The third-order valence-electron chi connectivity index (χ3n) is 2.68. The fourth-order valence-corrected chi connectivity index (χ4v) is 1.97. The molecule has 0 bridgehead atoms. The Balaban J connectivity index is 2.65. The zero-order valence-electron chi connectivity index (χ0n) is 10.7. The molecule has 0 aliphatic carbocycles. The molecule has 0 aromatic heterocycles. The lowest BCUT2D eigenvalue weighted by Gasteiger charge is -2.27. The fourth-order valence-electron chi connectivity index (χ4n) is 1.74. The minimum absolute atomic E-state index is 0.188. The Morgan fingerprint density at radius 2 is 2.12 bits per heavy atom. The van der Waals surface area contributed by atoms with Crippen LogP contribution >= 0.6 is 11.6 Å². The van der Waals surface area contributed by atoms with Crippen LogP contribution in [-0.2, 0) is 4.74 Å². The largest absolute Gasteiger partial charge is 0.381 e. The van der Waals surface area contributed by atoms with Gasteiger partial charge >= 0.3 is 0 Å². The lowest BCUT2D eigenvalue weighted by molar-refractivity contribution is 0.0128. The van der Waals surface area contributed by atoms with Crippen molar-refractivity contribution in [1.82, 2.24) is 0 Å². The Hall–Kier alpha value is -0.800. The molecular formula is C13H19ClFNO. The molecule has 0 aliphatic rings. The predicted molar refractivity (Wildman–Crippen MR) is 70.2 cm³/mol. The van der Waals surface area contributed by atoms with Gasteiger partial charge in [-0.05, 0) is 45.4 Å². The number of rotatable bonds is 5. The van der Waals surface area contributed by atoms with Gasteiger partial charge in [0.2, 0.25) is 0 Å². The molecule has 0 fully saturated rings. The average Bonchev–Trinajstić information content (AvgIpc) is 2.21. The van der Waals surface area contributed by atoms with Gasteiger partial charge in [-0.1, -0.05) is 11.6 Å². The van der Waals surface area contributed by atoms with Crippen molar-refractivity contribution in [2.45, 2.75) is 38.8 Å². The summed E-state index contributed by atoms with van der Waals surface area (Å²) in [6, 6.07) is 4.53. The maximum absolute atomic E-state index is 12.9. The van der Waals surface area contributed by atoms with Crippen molar-refractivity contribution in [2.24, 2.45) is 0 Å². The Bertz CT molecular complexity index is 382. The summed E-state index contributed by atoms with van der Waals surface area (Å²) in [5.41, 5.74) is 0.548. The first-order valence-electron chi connectivity index (χ1n) is 5.61. The quantitative estimate of drug-likeness (QED) is 0.860. The zero-order valence-corrected chi connectivity index (χ0v) is 11.4. The van der Waals surface area contributed by atoms with Crippen LogP contribution in [0.15, 0.2) is 18.2 Å². The minimum atomic E-state index is -0.328. The van der Waals surface area contributed by atoms with E-state index in [2.05, 4.69) is 5.32 Å². The molecule has 1 aromatic carbocycles. The lowest BCUT2D eigenvalue weighted by atomic mass is 10.00. The van der Waals surface area contributed by atoms with Crippen molar-refractivity contribution in [3.8, 4) is 0 Å². The van der Waals surface area contributed by atoms with Gasteiger partial charge in [0.05, 0.1) is 16.3 Å². The van der Waals surface area contributed by atoms with E-state index in [1.54, 1.807) is 13.2 Å². The number of nitrogens with one attached hydrogen (secondary N) is 1. The van der Waals surface area contributed by atoms with Crippen LogP contribution in [-0.4, -0.2) is 18.8 Å². The molecule has 17 heavy (non-hydrogen) atoms. The molecule has 1 unspecified atom stereocenters. The first kappa shape index (κ1) is 14.3. The maximum Gasteiger partial charge on any atom is 0.124 e. The van der Waals surface area contributed by atoms with Crippen LogP contribution in [0.5, 0.6) is 0 Å². The highest BCUT2D eigenvalue weighted by Crippen LogP contribution is 2.25. The SMILES string of the molecule is COC(C)(C)CC(C)Nc1ccc(F)cc1Cl. The molecule has 1 atom stereocenters. The van der Waals surface area contributed by atoms with Crippen LogP contribution in [0, 0.1) is 5.82 Å².